The number of nitrogens with zero attached hydrogens (tertiary/aromatic N) is 2. The van der Waals surface area contributed by atoms with Crippen molar-refractivity contribution in [2.75, 3.05) is 4.90 Å². The van der Waals surface area contributed by atoms with Crippen molar-refractivity contribution in [2.45, 2.75) is 0 Å². The molecule has 9 rings (SSSR count). The topological polar surface area (TPSA) is 33.2 Å². The number of para-hydroxylation sites is 2. The summed E-state index contributed by atoms with van der Waals surface area (Å²) in [5.74, 6) is 0. The number of benzene rings is 8. The Morgan fingerprint density at radius 2 is 1.24 bits per heavy atom. The SMILES string of the molecule is [2H]c1cc(N(c2c([2H])cc([2H])c([2H])c2[2H])c2c([2H])c([2H])c3c(nc(-c4ccc([2H])c(P(=O)(c5c([2H])c([2H])c([2H])c([2H])c5[2H])c5c([2H])c([2H])c([2H])c([2H])c5[2H])c4[2H])c4ccc5ccc([2H])c([2H])c5c43)c2[2H])c([2H])c([2H])c1[2H]. The molecule has 8 aromatic carbocycles. The Balaban J connectivity index is 1.51. The lowest BCUT2D eigenvalue weighted by Crippen LogP contribution is -2.25. The van der Waals surface area contributed by atoms with Gasteiger partial charge in [-0.05, 0) is 53.1 Å². The van der Waals surface area contributed by atoms with Gasteiger partial charge in [0.05, 0.1) is 45.5 Å². The normalized spacial score (nSPS) is 18.5. The summed E-state index contributed by atoms with van der Waals surface area (Å²) in [6, 6.07) is -12.5. The first kappa shape index (κ1) is 14.2. The summed E-state index contributed by atoms with van der Waals surface area (Å²) in [4.78, 5) is 5.53. The molecular formula is C47H33N2OP. The van der Waals surface area contributed by atoms with Crippen molar-refractivity contribution in [3.63, 3.8) is 0 Å². The van der Waals surface area contributed by atoms with Crippen LogP contribution in [0.1, 0.15) is 34.3 Å². The minimum Gasteiger partial charge on any atom is -0.310 e. The molecule has 0 aliphatic carbocycles. The van der Waals surface area contributed by atoms with Gasteiger partial charge in [0, 0.05) is 54.7 Å². The molecule has 0 saturated carbocycles. The molecule has 1 heterocycles. The van der Waals surface area contributed by atoms with Crippen LogP contribution in [0.25, 0.3) is 43.7 Å². The number of anilines is 3. The van der Waals surface area contributed by atoms with Crippen molar-refractivity contribution in [3.05, 3.63) is 200 Å². The minimum absolute atomic E-state index is 0.0627. The number of hydrogen-bond donors (Lipinski definition) is 0. The van der Waals surface area contributed by atoms with Crippen molar-refractivity contribution < 1.29 is 38.8 Å². The van der Waals surface area contributed by atoms with Crippen LogP contribution >= 0.6 is 7.14 Å². The van der Waals surface area contributed by atoms with Crippen LogP contribution in [0.4, 0.5) is 17.1 Å². The number of fused-ring (bicyclic) bond motifs is 5. The Bertz CT molecular complexity index is 4060. The molecule has 0 saturated heterocycles. The monoisotopic (exact) mass is 697 g/mol. The highest BCUT2D eigenvalue weighted by Gasteiger charge is 2.30. The first-order valence-electron chi connectivity index (χ1n) is 27.6. The second kappa shape index (κ2) is 12.9. The molecule has 0 aliphatic rings. The summed E-state index contributed by atoms with van der Waals surface area (Å²) in [6.07, 6.45) is 0. The maximum atomic E-state index is 16.6. The van der Waals surface area contributed by atoms with E-state index >= 15 is 4.57 Å². The van der Waals surface area contributed by atoms with Crippen molar-refractivity contribution in [2.24, 2.45) is 0 Å². The van der Waals surface area contributed by atoms with Crippen LogP contribution in [-0.4, -0.2) is 4.98 Å². The van der Waals surface area contributed by atoms with Crippen molar-refractivity contribution in [1.29, 1.82) is 0 Å². The van der Waals surface area contributed by atoms with E-state index < -0.39 is 202 Å². The molecule has 242 valence electrons. The van der Waals surface area contributed by atoms with E-state index in [0.717, 1.165) is 29.2 Å². The van der Waals surface area contributed by atoms with Gasteiger partial charge in [-0.3, -0.25) is 0 Å². The van der Waals surface area contributed by atoms with Crippen molar-refractivity contribution >= 4 is 72.6 Å². The molecule has 0 spiro atoms. The van der Waals surface area contributed by atoms with Crippen LogP contribution < -0.4 is 20.8 Å². The van der Waals surface area contributed by atoms with E-state index in [2.05, 4.69) is 0 Å². The molecule has 51 heavy (non-hydrogen) atoms. The Kier molecular flexibility index (Phi) is 3.57. The van der Waals surface area contributed by atoms with Gasteiger partial charge in [-0.15, -0.1) is 0 Å². The summed E-state index contributed by atoms with van der Waals surface area (Å²) in [6.45, 7) is 0. The fourth-order valence-corrected chi connectivity index (χ4v) is 7.79. The van der Waals surface area contributed by atoms with E-state index in [1.165, 1.54) is 24.3 Å². The van der Waals surface area contributed by atoms with Gasteiger partial charge in [-0.1, -0.05) is 157 Å². The van der Waals surface area contributed by atoms with Crippen LogP contribution in [0.2, 0.25) is 0 Å². The maximum Gasteiger partial charge on any atom is 0.171 e. The first-order chi connectivity index (χ1) is 35.5. The zero-order valence-corrected chi connectivity index (χ0v) is 26.8. The summed E-state index contributed by atoms with van der Waals surface area (Å²) < 4.78 is 238. The molecule has 0 radical (unpaired) electrons. The number of rotatable bonds is 7. The molecule has 0 unspecified atom stereocenters. The second-order valence-corrected chi connectivity index (χ2v) is 13.4. The van der Waals surface area contributed by atoms with E-state index in [4.69, 9.17) is 31.0 Å². The fourth-order valence-electron chi connectivity index (χ4n) is 5.73. The molecule has 1 aromatic heterocycles. The van der Waals surface area contributed by atoms with Crippen LogP contribution in [-0.2, 0) is 4.57 Å². The average molecular weight is 698 g/mol. The third kappa shape index (κ3) is 5.40. The van der Waals surface area contributed by atoms with Gasteiger partial charge in [-0.25, -0.2) is 4.98 Å². The minimum atomic E-state index is -5.68. The van der Waals surface area contributed by atoms with Gasteiger partial charge >= 0.3 is 0 Å². The molecule has 9 aromatic rings. The lowest BCUT2D eigenvalue weighted by molar-refractivity contribution is 0.592. The van der Waals surface area contributed by atoms with Crippen LogP contribution in [0.5, 0.6) is 0 Å². The third-order valence-electron chi connectivity index (χ3n) is 7.94. The molecule has 4 heteroatoms. The molecule has 0 bridgehead atoms. The average Bonchev–Trinajstić information content (AvgIpc) is 3.44. The molecule has 0 aliphatic heterocycles. The van der Waals surface area contributed by atoms with Gasteiger partial charge in [0.25, 0.3) is 0 Å². The van der Waals surface area contributed by atoms with Gasteiger partial charge < -0.3 is 9.46 Å². The van der Waals surface area contributed by atoms with E-state index in [0.29, 0.717) is 0 Å². The largest absolute Gasteiger partial charge is 0.310 e. The Hall–Kier alpha value is -6.28. The Morgan fingerprint density at radius 1 is 0.490 bits per heavy atom. The first-order valence-corrected chi connectivity index (χ1v) is 16.8. The van der Waals surface area contributed by atoms with E-state index in [-0.39, 0.29) is 33.0 Å². The molecule has 3 nitrogen and oxygen atoms in total. The zero-order chi connectivity index (χ0) is 56.0. The number of aromatic nitrogens is 1. The molecule has 0 atom stereocenters. The highest BCUT2D eigenvalue weighted by atomic mass is 31.2. The van der Waals surface area contributed by atoms with E-state index in [1.807, 2.05) is 0 Å². The molecular weight excluding hydrogens is 640 g/mol. The zero-order valence-electron chi connectivity index (χ0n) is 50.9. The Labute approximate surface area is 332 Å². The highest BCUT2D eigenvalue weighted by molar-refractivity contribution is 7.85. The predicted molar refractivity (Wildman–Crippen MR) is 216 cm³/mol. The predicted octanol–water partition coefficient (Wildman–Crippen LogP) is 11.3. The van der Waals surface area contributed by atoms with Gasteiger partial charge in [-0.2, -0.15) is 0 Å². The van der Waals surface area contributed by atoms with Gasteiger partial charge in [0.15, 0.2) is 7.14 Å². The van der Waals surface area contributed by atoms with Crippen molar-refractivity contribution in [1.82, 2.24) is 4.98 Å². The number of pyridine rings is 1. The van der Waals surface area contributed by atoms with Gasteiger partial charge in [0.2, 0.25) is 0 Å². The summed E-state index contributed by atoms with van der Waals surface area (Å²) in [7, 11) is -5.68. The van der Waals surface area contributed by atoms with Gasteiger partial charge in [0.1, 0.15) is 0 Å². The van der Waals surface area contributed by atoms with E-state index in [1.54, 1.807) is 0 Å². The molecule has 0 N–H and O–H groups in total. The smallest absolute Gasteiger partial charge is 0.171 e. The summed E-state index contributed by atoms with van der Waals surface area (Å²) in [5.41, 5.74) is -3.43. The lowest BCUT2D eigenvalue weighted by atomic mass is 9.95. The maximum absolute atomic E-state index is 16.6. The van der Waals surface area contributed by atoms with Crippen LogP contribution in [0.15, 0.2) is 200 Å². The lowest BCUT2D eigenvalue weighted by Gasteiger charge is -2.26. The molecule has 0 fully saturated rings. The van der Waals surface area contributed by atoms with Crippen LogP contribution in [0, 0.1) is 0 Å². The quantitative estimate of drug-likeness (QED) is 0.123. The highest BCUT2D eigenvalue weighted by Crippen LogP contribution is 2.44. The second-order valence-electron chi connectivity index (χ2n) is 10.8. The fraction of sp³-hybridized carbons (Fsp3) is 0. The van der Waals surface area contributed by atoms with Crippen LogP contribution in [0.3, 0.4) is 0 Å². The summed E-state index contributed by atoms with van der Waals surface area (Å²) >= 11 is 0. The Morgan fingerprint density at radius 3 is 2.06 bits per heavy atom. The standard InChI is InChI=1S/C47H33N2OP/c50-51(39-22-9-3-10-23-39,40-24-11-4-12-25-40)41-26-15-17-35(32-41)47-44-30-28-34-16-13-14-27-42(34)46(44)43-31-29-38(33-45(43)48-47)49(36-18-5-1-6-19-36)37-20-7-2-8-21-37/h1-33H/i1D,2D,3D,4D,5D,6D,7D,9D,10D,11D,12D,14D,18D,20D,21D,22D,23D,24D,25D,26D,27D,29D,31D,32D,33D. The molecule has 0 amide bonds. The van der Waals surface area contributed by atoms with Crippen molar-refractivity contribution in [3.8, 4) is 11.3 Å². The van der Waals surface area contributed by atoms with E-state index in [9.17, 15) is 8.22 Å². The third-order valence-corrected chi connectivity index (χ3v) is 10.5. The number of hydrogen-bond acceptors (Lipinski definition) is 3. The summed E-state index contributed by atoms with van der Waals surface area (Å²) in [5, 5.41) is -3.59.